The third-order valence-electron chi connectivity index (χ3n) is 3.48. The Labute approximate surface area is 146 Å². The minimum atomic E-state index is -0.264. The molecule has 0 saturated carbocycles. The molecule has 25 heavy (non-hydrogen) atoms. The number of nitrogens with one attached hydrogen (secondary N) is 1. The molecule has 4 nitrogen and oxygen atoms in total. The fourth-order valence-corrected chi connectivity index (χ4v) is 2.24. The predicted molar refractivity (Wildman–Crippen MR) is 97.6 cm³/mol. The maximum atomic E-state index is 12.5. The lowest BCUT2D eigenvalue weighted by molar-refractivity contribution is 0.102. The van der Waals surface area contributed by atoms with Crippen molar-refractivity contribution in [1.82, 2.24) is 4.98 Å². The van der Waals surface area contributed by atoms with Crippen LogP contribution in [0.25, 0.3) is 0 Å². The Balaban J connectivity index is 1.79. The van der Waals surface area contributed by atoms with Crippen LogP contribution in [-0.2, 0) is 0 Å². The normalized spacial score (nSPS) is 9.64. The Kier molecular flexibility index (Phi) is 5.08. The number of pyridine rings is 1. The average Bonchev–Trinajstić information content (AvgIpc) is 2.68. The summed E-state index contributed by atoms with van der Waals surface area (Å²) in [7, 11) is 1.56. The molecule has 0 aliphatic rings. The smallest absolute Gasteiger partial charge is 0.257 e. The van der Waals surface area contributed by atoms with Gasteiger partial charge in [0.1, 0.15) is 5.75 Å². The van der Waals surface area contributed by atoms with Gasteiger partial charge < -0.3 is 10.1 Å². The van der Waals surface area contributed by atoms with Gasteiger partial charge in [0.05, 0.1) is 18.4 Å². The number of carbonyl (C=O) groups is 1. The molecule has 0 unspecified atom stereocenters. The number of carbonyl (C=O) groups excluding carboxylic acids is 1. The van der Waals surface area contributed by atoms with Crippen LogP contribution in [0.2, 0.25) is 0 Å². The molecule has 3 rings (SSSR count). The zero-order valence-electron chi connectivity index (χ0n) is 13.7. The molecule has 1 heterocycles. The van der Waals surface area contributed by atoms with Gasteiger partial charge in [0, 0.05) is 23.5 Å². The zero-order chi connectivity index (χ0) is 17.5. The molecule has 0 fully saturated rings. The van der Waals surface area contributed by atoms with E-state index in [1.54, 1.807) is 31.5 Å². The summed E-state index contributed by atoms with van der Waals surface area (Å²) in [6.45, 7) is 0. The van der Waals surface area contributed by atoms with E-state index in [0.717, 1.165) is 5.56 Å². The van der Waals surface area contributed by atoms with E-state index in [1.165, 1.54) is 6.20 Å². The quantitative estimate of drug-likeness (QED) is 0.745. The van der Waals surface area contributed by atoms with Gasteiger partial charge in [0.2, 0.25) is 0 Å². The van der Waals surface area contributed by atoms with E-state index in [2.05, 4.69) is 22.1 Å². The molecule has 0 atom stereocenters. The Morgan fingerprint density at radius 2 is 1.68 bits per heavy atom. The molecule has 2 aromatic carbocycles. The molecule has 122 valence electrons. The Morgan fingerprint density at radius 3 is 2.48 bits per heavy atom. The second-order valence-electron chi connectivity index (χ2n) is 5.23. The van der Waals surface area contributed by atoms with E-state index < -0.39 is 0 Å². The van der Waals surface area contributed by atoms with Gasteiger partial charge in [-0.05, 0) is 30.3 Å². The largest absolute Gasteiger partial charge is 0.495 e. The number of benzene rings is 2. The third kappa shape index (κ3) is 4.24. The molecule has 0 aliphatic heterocycles. The summed E-state index contributed by atoms with van der Waals surface area (Å²) in [5.74, 6) is 6.42. The van der Waals surface area contributed by atoms with Crippen LogP contribution in [0, 0.1) is 11.8 Å². The van der Waals surface area contributed by atoms with Crippen molar-refractivity contribution < 1.29 is 9.53 Å². The lowest BCUT2D eigenvalue weighted by Gasteiger charge is -2.09. The van der Waals surface area contributed by atoms with Gasteiger partial charge in [-0.3, -0.25) is 9.78 Å². The maximum Gasteiger partial charge on any atom is 0.257 e. The molecule has 1 aromatic heterocycles. The van der Waals surface area contributed by atoms with Crippen LogP contribution in [0.15, 0.2) is 73.1 Å². The number of amides is 1. The van der Waals surface area contributed by atoms with Gasteiger partial charge in [-0.15, -0.1) is 0 Å². The lowest BCUT2D eigenvalue weighted by Crippen LogP contribution is -2.13. The van der Waals surface area contributed by atoms with Crippen molar-refractivity contribution in [3.63, 3.8) is 0 Å². The number of ether oxygens (including phenoxy) is 1. The van der Waals surface area contributed by atoms with Crippen LogP contribution >= 0.6 is 0 Å². The highest BCUT2D eigenvalue weighted by Gasteiger charge is 2.10. The van der Waals surface area contributed by atoms with Crippen LogP contribution in [-0.4, -0.2) is 18.0 Å². The second-order valence-corrected chi connectivity index (χ2v) is 5.23. The Bertz CT molecular complexity index is 941. The molecule has 1 amide bonds. The molecule has 4 heteroatoms. The van der Waals surface area contributed by atoms with Crippen molar-refractivity contribution in [3.05, 3.63) is 89.7 Å². The minimum Gasteiger partial charge on any atom is -0.495 e. The number of aromatic nitrogens is 1. The monoisotopic (exact) mass is 328 g/mol. The molecule has 1 N–H and O–H groups in total. The van der Waals surface area contributed by atoms with Gasteiger partial charge in [-0.25, -0.2) is 0 Å². The number of methoxy groups -OCH3 is 1. The first-order chi connectivity index (χ1) is 12.3. The van der Waals surface area contributed by atoms with E-state index in [0.29, 0.717) is 22.6 Å². The van der Waals surface area contributed by atoms with Crippen molar-refractivity contribution in [2.75, 3.05) is 12.4 Å². The molecule has 0 saturated heterocycles. The average molecular weight is 328 g/mol. The number of para-hydroxylation sites is 2. The summed E-state index contributed by atoms with van der Waals surface area (Å²) in [4.78, 5) is 16.6. The van der Waals surface area contributed by atoms with Gasteiger partial charge in [-0.2, -0.15) is 0 Å². The first kappa shape index (κ1) is 16.3. The number of nitrogens with zero attached hydrogens (tertiary/aromatic N) is 1. The Hall–Kier alpha value is -3.58. The standard InChI is InChI=1S/C21H16N2O2/c1-25-20-10-6-5-9-19(20)23-21(24)18-13-17(14-22-15-18)12-11-16-7-3-2-4-8-16/h2-10,13-15H,1H3,(H,23,24). The molecule has 3 aromatic rings. The van der Waals surface area contributed by atoms with Crippen molar-refractivity contribution in [2.45, 2.75) is 0 Å². The van der Waals surface area contributed by atoms with E-state index in [4.69, 9.17) is 4.74 Å². The van der Waals surface area contributed by atoms with Gasteiger partial charge in [0.15, 0.2) is 0 Å². The first-order valence-corrected chi connectivity index (χ1v) is 7.73. The van der Waals surface area contributed by atoms with E-state index in [-0.39, 0.29) is 5.91 Å². The van der Waals surface area contributed by atoms with Crippen LogP contribution < -0.4 is 10.1 Å². The molecule has 0 spiro atoms. The van der Waals surface area contributed by atoms with E-state index in [1.807, 2.05) is 42.5 Å². The first-order valence-electron chi connectivity index (χ1n) is 7.73. The number of hydrogen-bond acceptors (Lipinski definition) is 3. The summed E-state index contributed by atoms with van der Waals surface area (Å²) in [6, 6.07) is 18.6. The van der Waals surface area contributed by atoms with Crippen LogP contribution in [0.3, 0.4) is 0 Å². The van der Waals surface area contributed by atoms with Crippen LogP contribution in [0.1, 0.15) is 21.5 Å². The lowest BCUT2D eigenvalue weighted by atomic mass is 10.1. The summed E-state index contributed by atoms with van der Waals surface area (Å²) in [5, 5.41) is 2.83. The SMILES string of the molecule is COc1ccccc1NC(=O)c1cncc(C#Cc2ccccc2)c1. The van der Waals surface area contributed by atoms with Crippen LogP contribution in [0.4, 0.5) is 5.69 Å². The minimum absolute atomic E-state index is 0.264. The highest BCUT2D eigenvalue weighted by Crippen LogP contribution is 2.23. The summed E-state index contributed by atoms with van der Waals surface area (Å²) in [5.41, 5.74) is 2.63. The van der Waals surface area contributed by atoms with E-state index in [9.17, 15) is 4.79 Å². The third-order valence-corrected chi connectivity index (χ3v) is 3.48. The zero-order valence-corrected chi connectivity index (χ0v) is 13.7. The summed E-state index contributed by atoms with van der Waals surface area (Å²) >= 11 is 0. The van der Waals surface area contributed by atoms with Crippen molar-refractivity contribution in [1.29, 1.82) is 0 Å². The molecule has 0 bridgehead atoms. The Morgan fingerprint density at radius 1 is 0.960 bits per heavy atom. The maximum absolute atomic E-state index is 12.5. The van der Waals surface area contributed by atoms with Gasteiger partial charge in [0.25, 0.3) is 5.91 Å². The van der Waals surface area contributed by atoms with Crippen LogP contribution in [0.5, 0.6) is 5.75 Å². The number of anilines is 1. The van der Waals surface area contributed by atoms with Crippen molar-refractivity contribution in [3.8, 4) is 17.6 Å². The molecule has 0 radical (unpaired) electrons. The van der Waals surface area contributed by atoms with Gasteiger partial charge >= 0.3 is 0 Å². The van der Waals surface area contributed by atoms with Crippen molar-refractivity contribution >= 4 is 11.6 Å². The topological polar surface area (TPSA) is 51.2 Å². The molecular weight excluding hydrogens is 312 g/mol. The molecular formula is C21H16N2O2. The highest BCUT2D eigenvalue weighted by molar-refractivity contribution is 6.05. The summed E-state index contributed by atoms with van der Waals surface area (Å²) in [6.07, 6.45) is 3.15. The van der Waals surface area contributed by atoms with Crippen molar-refractivity contribution in [2.24, 2.45) is 0 Å². The second kappa shape index (κ2) is 7.80. The predicted octanol–water partition coefficient (Wildman–Crippen LogP) is 3.74. The highest BCUT2D eigenvalue weighted by atomic mass is 16.5. The fraction of sp³-hybridized carbons (Fsp3) is 0.0476. The fourth-order valence-electron chi connectivity index (χ4n) is 2.24. The number of hydrogen-bond donors (Lipinski definition) is 1. The molecule has 0 aliphatic carbocycles. The summed E-state index contributed by atoms with van der Waals surface area (Å²) < 4.78 is 5.24. The van der Waals surface area contributed by atoms with E-state index >= 15 is 0 Å². The number of rotatable bonds is 3. The van der Waals surface area contributed by atoms with Gasteiger partial charge in [-0.1, -0.05) is 42.2 Å².